The van der Waals surface area contributed by atoms with Gasteiger partial charge in [-0.25, -0.2) is 0 Å². The fraction of sp³-hybridized carbons (Fsp3) is 0.933. The molecule has 2 rings (SSSR count). The van der Waals surface area contributed by atoms with E-state index in [1.54, 1.807) is 0 Å². The third-order valence-electron chi connectivity index (χ3n) is 5.08. The number of hydrogen-bond acceptors (Lipinski definition) is 2. The first kappa shape index (κ1) is 13.9. The average molecular weight is 252 g/mol. The molecule has 3 nitrogen and oxygen atoms in total. The van der Waals surface area contributed by atoms with Crippen LogP contribution in [0.25, 0.3) is 0 Å². The summed E-state index contributed by atoms with van der Waals surface area (Å²) in [5.41, 5.74) is -0.335. The predicted molar refractivity (Wildman–Crippen MR) is 74.2 cm³/mol. The van der Waals surface area contributed by atoms with Crippen molar-refractivity contribution in [1.29, 1.82) is 0 Å². The van der Waals surface area contributed by atoms with Gasteiger partial charge in [0.05, 0.1) is 11.7 Å². The van der Waals surface area contributed by atoms with Gasteiger partial charge in [0.25, 0.3) is 0 Å². The monoisotopic (exact) mass is 252 g/mol. The topological polar surface area (TPSA) is 32.3 Å². The zero-order valence-electron chi connectivity index (χ0n) is 12.3. The highest BCUT2D eigenvalue weighted by Gasteiger charge is 2.47. The molecule has 1 heterocycles. The summed E-state index contributed by atoms with van der Waals surface area (Å²) in [5, 5.41) is 3.49. The summed E-state index contributed by atoms with van der Waals surface area (Å²) in [6.07, 6.45) is 7.34. The molecule has 2 aliphatic rings. The molecule has 18 heavy (non-hydrogen) atoms. The highest BCUT2D eigenvalue weighted by atomic mass is 16.2. The molecule has 1 aliphatic carbocycles. The van der Waals surface area contributed by atoms with Crippen molar-refractivity contribution >= 4 is 5.91 Å². The van der Waals surface area contributed by atoms with E-state index in [-0.39, 0.29) is 11.7 Å². The molecule has 0 aromatic carbocycles. The van der Waals surface area contributed by atoms with Gasteiger partial charge in [-0.3, -0.25) is 10.1 Å². The van der Waals surface area contributed by atoms with E-state index in [0.717, 1.165) is 12.3 Å². The second-order valence-corrected chi connectivity index (χ2v) is 6.31. The van der Waals surface area contributed by atoms with Crippen LogP contribution in [0, 0.1) is 5.92 Å². The third-order valence-corrected chi connectivity index (χ3v) is 5.08. The molecule has 104 valence electrons. The van der Waals surface area contributed by atoms with Gasteiger partial charge in [-0.05, 0) is 39.0 Å². The minimum atomic E-state index is -0.335. The molecule has 1 amide bonds. The molecule has 1 saturated heterocycles. The van der Waals surface area contributed by atoms with E-state index in [1.807, 2.05) is 6.92 Å². The maximum atomic E-state index is 12.6. The number of nitrogens with one attached hydrogen (secondary N) is 1. The van der Waals surface area contributed by atoms with Crippen molar-refractivity contribution in [3.8, 4) is 0 Å². The lowest BCUT2D eigenvalue weighted by Crippen LogP contribution is -2.46. The van der Waals surface area contributed by atoms with Crippen molar-refractivity contribution in [2.75, 3.05) is 0 Å². The quantitative estimate of drug-likeness (QED) is 0.837. The second-order valence-electron chi connectivity index (χ2n) is 6.31. The van der Waals surface area contributed by atoms with Crippen molar-refractivity contribution < 1.29 is 4.79 Å². The molecular weight excluding hydrogens is 224 g/mol. The first-order valence-electron chi connectivity index (χ1n) is 7.62. The minimum absolute atomic E-state index is 0.197. The van der Waals surface area contributed by atoms with E-state index >= 15 is 0 Å². The third kappa shape index (κ3) is 2.29. The summed E-state index contributed by atoms with van der Waals surface area (Å²) >= 11 is 0. The summed E-state index contributed by atoms with van der Waals surface area (Å²) in [7, 11) is 0. The maximum Gasteiger partial charge on any atom is 0.244 e. The minimum Gasteiger partial charge on any atom is -0.323 e. The summed E-state index contributed by atoms with van der Waals surface area (Å²) in [6, 6.07) is 0.465. The molecule has 4 atom stereocenters. The Morgan fingerprint density at radius 2 is 2.11 bits per heavy atom. The zero-order valence-corrected chi connectivity index (χ0v) is 12.3. The standard InChI is InChI=1S/C15H28N2O/c1-5-12-8-7-9-13(10-12)17-11(3)16-15(4,6-2)14(17)18/h11-13,16H,5-10H2,1-4H3. The normalized spacial score (nSPS) is 41.4. The number of hydrogen-bond donors (Lipinski definition) is 1. The number of nitrogens with zero attached hydrogens (tertiary/aromatic N) is 1. The smallest absolute Gasteiger partial charge is 0.244 e. The number of rotatable bonds is 3. The second kappa shape index (κ2) is 5.20. The number of amides is 1. The molecule has 0 aromatic rings. The van der Waals surface area contributed by atoms with E-state index in [2.05, 4.69) is 31.0 Å². The van der Waals surface area contributed by atoms with Crippen LogP contribution in [0.1, 0.15) is 66.2 Å². The SMILES string of the molecule is CCC1CCCC(N2C(=O)C(C)(CC)NC2C)C1. The Balaban J connectivity index is 2.10. The van der Waals surface area contributed by atoms with Crippen molar-refractivity contribution in [3.05, 3.63) is 0 Å². The molecule has 0 radical (unpaired) electrons. The van der Waals surface area contributed by atoms with Crippen molar-refractivity contribution in [3.63, 3.8) is 0 Å². The predicted octanol–water partition coefficient (Wildman–Crippen LogP) is 2.90. The lowest BCUT2D eigenvalue weighted by atomic mass is 9.83. The largest absolute Gasteiger partial charge is 0.323 e. The Hall–Kier alpha value is -0.570. The summed E-state index contributed by atoms with van der Waals surface area (Å²) in [5.74, 6) is 1.14. The fourth-order valence-electron chi connectivity index (χ4n) is 3.67. The number of carbonyl (C=O) groups excluding carboxylic acids is 1. The molecule has 4 unspecified atom stereocenters. The average Bonchev–Trinajstić information content (AvgIpc) is 2.61. The lowest BCUT2D eigenvalue weighted by molar-refractivity contribution is -0.135. The van der Waals surface area contributed by atoms with Crippen LogP contribution >= 0.6 is 0 Å². The van der Waals surface area contributed by atoms with Crippen LogP contribution in [-0.4, -0.2) is 28.6 Å². The van der Waals surface area contributed by atoms with E-state index in [4.69, 9.17) is 0 Å². The van der Waals surface area contributed by atoms with E-state index in [9.17, 15) is 4.79 Å². The van der Waals surface area contributed by atoms with Gasteiger partial charge in [0.15, 0.2) is 0 Å². The molecule has 0 aromatic heterocycles. The van der Waals surface area contributed by atoms with E-state index in [1.165, 1.54) is 32.1 Å². The molecule has 0 bridgehead atoms. The Morgan fingerprint density at radius 1 is 1.39 bits per heavy atom. The Bertz CT molecular complexity index is 318. The summed E-state index contributed by atoms with van der Waals surface area (Å²) < 4.78 is 0. The van der Waals surface area contributed by atoms with Crippen LogP contribution in [0.2, 0.25) is 0 Å². The van der Waals surface area contributed by atoms with Gasteiger partial charge >= 0.3 is 0 Å². The van der Waals surface area contributed by atoms with Gasteiger partial charge in [-0.15, -0.1) is 0 Å². The highest BCUT2D eigenvalue weighted by Crippen LogP contribution is 2.34. The van der Waals surface area contributed by atoms with Crippen LogP contribution in [0.3, 0.4) is 0 Å². The van der Waals surface area contributed by atoms with Gasteiger partial charge in [-0.1, -0.05) is 33.1 Å². The van der Waals surface area contributed by atoms with Crippen LogP contribution < -0.4 is 5.32 Å². The van der Waals surface area contributed by atoms with Crippen molar-refractivity contribution in [2.45, 2.75) is 84.0 Å². The first-order chi connectivity index (χ1) is 8.51. The number of carbonyl (C=O) groups is 1. The van der Waals surface area contributed by atoms with Crippen LogP contribution in [0.4, 0.5) is 0 Å². The molecule has 1 aliphatic heterocycles. The molecule has 2 fully saturated rings. The Morgan fingerprint density at radius 3 is 2.67 bits per heavy atom. The van der Waals surface area contributed by atoms with Crippen LogP contribution in [0.5, 0.6) is 0 Å². The summed E-state index contributed by atoms with van der Waals surface area (Å²) in [4.78, 5) is 14.8. The molecule has 1 N–H and O–H groups in total. The van der Waals surface area contributed by atoms with E-state index in [0.29, 0.717) is 11.9 Å². The Labute approximate surface area is 111 Å². The maximum absolute atomic E-state index is 12.6. The highest BCUT2D eigenvalue weighted by molar-refractivity contribution is 5.88. The molecule has 3 heteroatoms. The lowest BCUT2D eigenvalue weighted by Gasteiger charge is -2.37. The van der Waals surface area contributed by atoms with Crippen molar-refractivity contribution in [1.82, 2.24) is 10.2 Å². The molecule has 1 saturated carbocycles. The van der Waals surface area contributed by atoms with Gasteiger partial charge < -0.3 is 4.90 Å². The van der Waals surface area contributed by atoms with Gasteiger partial charge in [0.1, 0.15) is 0 Å². The van der Waals surface area contributed by atoms with Gasteiger partial charge in [-0.2, -0.15) is 0 Å². The van der Waals surface area contributed by atoms with Gasteiger partial charge in [0, 0.05) is 6.04 Å². The van der Waals surface area contributed by atoms with Crippen molar-refractivity contribution in [2.24, 2.45) is 5.92 Å². The van der Waals surface area contributed by atoms with Crippen LogP contribution in [0.15, 0.2) is 0 Å². The zero-order chi connectivity index (χ0) is 13.3. The summed E-state index contributed by atoms with van der Waals surface area (Å²) in [6.45, 7) is 8.55. The van der Waals surface area contributed by atoms with E-state index < -0.39 is 0 Å². The molecule has 0 spiro atoms. The fourth-order valence-corrected chi connectivity index (χ4v) is 3.67. The van der Waals surface area contributed by atoms with Crippen LogP contribution in [-0.2, 0) is 4.79 Å². The molecular formula is C15H28N2O. The van der Waals surface area contributed by atoms with Gasteiger partial charge in [0.2, 0.25) is 5.91 Å². The first-order valence-corrected chi connectivity index (χ1v) is 7.62. The Kier molecular flexibility index (Phi) is 4.00.